The normalized spacial score (nSPS) is 20.5. The van der Waals surface area contributed by atoms with Crippen LogP contribution in [0.5, 0.6) is 0 Å². The van der Waals surface area contributed by atoms with Crippen molar-refractivity contribution in [2.24, 2.45) is 5.92 Å². The Labute approximate surface area is 342 Å². The number of urea groups is 1. The third kappa shape index (κ3) is 6.20. The first kappa shape index (κ1) is 37.5. The van der Waals surface area contributed by atoms with Crippen LogP contribution in [0.2, 0.25) is 0 Å². The number of carboxylic acid groups (broad SMARTS) is 1. The summed E-state index contributed by atoms with van der Waals surface area (Å²) in [5.74, 6) is -1.19. The molecule has 3 aliphatic heterocycles. The van der Waals surface area contributed by atoms with E-state index in [1.807, 2.05) is 54.0 Å². The third-order valence-electron chi connectivity index (χ3n) is 12.6. The Hall–Kier alpha value is -6.81. The maximum Gasteiger partial charge on any atom is 0.438 e. The van der Waals surface area contributed by atoms with E-state index in [0.29, 0.717) is 71.8 Å². The number of hydrogen-bond acceptors (Lipinski definition) is 9. The van der Waals surface area contributed by atoms with Crippen LogP contribution in [0.25, 0.3) is 16.6 Å². The minimum Gasteiger partial charge on any atom is -0.481 e. The molecule has 3 aromatic heterocycles. The average molecular weight is 811 g/mol. The van der Waals surface area contributed by atoms with Gasteiger partial charge in [-0.2, -0.15) is 0 Å². The summed E-state index contributed by atoms with van der Waals surface area (Å²) in [5, 5.41) is 14.5. The molecular formula is C44H42N8O8. The number of carboxylic acids is 1. The number of rotatable bonds is 9. The molecule has 2 atom stereocenters. The van der Waals surface area contributed by atoms with Crippen LogP contribution in [-0.2, 0) is 34.5 Å². The molecule has 2 saturated heterocycles. The van der Waals surface area contributed by atoms with Crippen molar-refractivity contribution >= 4 is 40.4 Å². The van der Waals surface area contributed by atoms with E-state index in [1.54, 1.807) is 34.1 Å². The standard InChI is InChI=1S/C44H42N8O8/c1-26-24-44(26,40-46-42(57)60-47-40)52-35-11-10-29(28-13-18-59-19-14-28)22-30(35)23-36(52)39(56)48-15-12-33-34(25-48)45-41(50-17-16-49(43(50)58)31-7-3-2-4-8-31)51(38(33)55)32-9-5-6-27(20-32)21-37(53)54/h2-11,20,22-23,26,28H,12-19,21,24-25H2,1H3,(H,53,54)(H,46,47,57)/t26-,44?/m0/s1. The molecule has 0 spiro atoms. The van der Waals surface area contributed by atoms with Crippen LogP contribution in [0.3, 0.4) is 0 Å². The highest BCUT2D eigenvalue weighted by molar-refractivity contribution is 6.05. The third-order valence-corrected chi connectivity index (χ3v) is 12.6. The van der Waals surface area contributed by atoms with E-state index >= 15 is 4.79 Å². The van der Waals surface area contributed by atoms with Gasteiger partial charge in [0.1, 0.15) is 11.2 Å². The van der Waals surface area contributed by atoms with Crippen molar-refractivity contribution in [3.05, 3.63) is 134 Å². The predicted molar refractivity (Wildman–Crippen MR) is 219 cm³/mol. The number of carbonyl (C=O) groups excluding carboxylic acids is 2. The molecule has 3 fully saturated rings. The molecule has 10 rings (SSSR count). The predicted octanol–water partition coefficient (Wildman–Crippen LogP) is 4.81. The fourth-order valence-electron chi connectivity index (χ4n) is 9.45. The molecule has 3 amide bonds. The monoisotopic (exact) mass is 810 g/mol. The highest BCUT2D eigenvalue weighted by Crippen LogP contribution is 2.56. The van der Waals surface area contributed by atoms with Crippen LogP contribution >= 0.6 is 0 Å². The maximum absolute atomic E-state index is 15.0. The molecule has 16 heteroatoms. The summed E-state index contributed by atoms with van der Waals surface area (Å²) >= 11 is 0. The molecule has 16 nitrogen and oxygen atoms in total. The van der Waals surface area contributed by atoms with Gasteiger partial charge in [-0.05, 0) is 91.1 Å². The molecule has 4 aliphatic rings. The summed E-state index contributed by atoms with van der Waals surface area (Å²) in [7, 11) is 0. The molecule has 1 aliphatic carbocycles. The largest absolute Gasteiger partial charge is 0.481 e. The highest BCUT2D eigenvalue weighted by atomic mass is 16.5. The van der Waals surface area contributed by atoms with Gasteiger partial charge in [0.05, 0.1) is 24.3 Å². The van der Waals surface area contributed by atoms with Gasteiger partial charge in [0.2, 0.25) is 5.95 Å². The Kier molecular flexibility index (Phi) is 9.04. The first-order chi connectivity index (χ1) is 29.1. The second kappa shape index (κ2) is 14.5. The minimum absolute atomic E-state index is 0.00106. The van der Waals surface area contributed by atoms with Crippen molar-refractivity contribution in [1.82, 2.24) is 29.2 Å². The van der Waals surface area contributed by atoms with E-state index in [9.17, 15) is 24.3 Å². The molecule has 1 unspecified atom stereocenters. The van der Waals surface area contributed by atoms with Crippen LogP contribution in [0.1, 0.15) is 70.8 Å². The van der Waals surface area contributed by atoms with Gasteiger partial charge in [0, 0.05) is 55.0 Å². The Bertz CT molecular complexity index is 2820. The Morgan fingerprint density at radius 3 is 2.42 bits per heavy atom. The summed E-state index contributed by atoms with van der Waals surface area (Å²) in [6.45, 7) is 4.22. The van der Waals surface area contributed by atoms with Gasteiger partial charge in [0.25, 0.3) is 11.5 Å². The molecule has 3 aromatic carbocycles. The second-order valence-corrected chi connectivity index (χ2v) is 16.2. The molecule has 1 saturated carbocycles. The van der Waals surface area contributed by atoms with Crippen molar-refractivity contribution in [2.45, 2.75) is 57.0 Å². The number of carbonyl (C=O) groups is 3. The zero-order chi connectivity index (χ0) is 41.3. The number of H-pyrrole nitrogens is 1. The first-order valence-corrected chi connectivity index (χ1v) is 20.3. The number of aliphatic carboxylic acids is 1. The number of aromatic amines is 1. The summed E-state index contributed by atoms with van der Waals surface area (Å²) in [6.07, 6.45) is 2.37. The number of fused-ring (bicyclic) bond motifs is 2. The number of nitrogens with zero attached hydrogens (tertiary/aromatic N) is 7. The van der Waals surface area contributed by atoms with Gasteiger partial charge in [-0.3, -0.25) is 33.7 Å². The SMILES string of the molecule is C[C@H]1CC1(c1noc(=O)[nH]1)n1c(C(=O)N2CCc3c(nc(N4CCN(c5ccccc5)C4=O)n(-c4cccc(CC(=O)O)c4)c3=O)C2)cc2cc(C3CCOCC3)ccc21. The zero-order valence-electron chi connectivity index (χ0n) is 32.9. The Balaban J connectivity index is 1.06. The Morgan fingerprint density at radius 2 is 1.68 bits per heavy atom. The highest BCUT2D eigenvalue weighted by Gasteiger charge is 2.59. The lowest BCUT2D eigenvalue weighted by molar-refractivity contribution is -0.136. The van der Waals surface area contributed by atoms with Gasteiger partial charge in [-0.25, -0.2) is 19.1 Å². The van der Waals surface area contributed by atoms with Crippen molar-refractivity contribution < 1.29 is 28.8 Å². The maximum atomic E-state index is 15.0. The smallest absolute Gasteiger partial charge is 0.438 e. The summed E-state index contributed by atoms with van der Waals surface area (Å²) in [4.78, 5) is 80.4. The number of hydrogen-bond donors (Lipinski definition) is 2. The van der Waals surface area contributed by atoms with Crippen LogP contribution in [0.4, 0.5) is 16.4 Å². The molecule has 6 heterocycles. The van der Waals surface area contributed by atoms with Gasteiger partial charge in [-0.15, -0.1) is 0 Å². The molecule has 6 aromatic rings. The topological polar surface area (TPSA) is 189 Å². The van der Waals surface area contributed by atoms with Crippen molar-refractivity contribution in [1.29, 1.82) is 0 Å². The molecule has 60 heavy (non-hydrogen) atoms. The molecule has 2 N–H and O–H groups in total. The average Bonchev–Trinajstić information content (AvgIpc) is 3.58. The van der Waals surface area contributed by atoms with E-state index < -0.39 is 22.8 Å². The van der Waals surface area contributed by atoms with Crippen molar-refractivity contribution in [3.63, 3.8) is 0 Å². The molecule has 306 valence electrons. The number of amides is 3. The molecular weight excluding hydrogens is 769 g/mol. The molecule has 0 radical (unpaired) electrons. The zero-order valence-corrected chi connectivity index (χ0v) is 32.9. The molecule has 0 bridgehead atoms. The summed E-state index contributed by atoms with van der Waals surface area (Å²) in [5.41, 5.74) is 3.52. The first-order valence-electron chi connectivity index (χ1n) is 20.3. The van der Waals surface area contributed by atoms with E-state index in [-0.39, 0.29) is 56.3 Å². The van der Waals surface area contributed by atoms with Crippen molar-refractivity contribution in [3.8, 4) is 5.69 Å². The van der Waals surface area contributed by atoms with E-state index in [0.717, 1.165) is 23.7 Å². The lowest BCUT2D eigenvalue weighted by Gasteiger charge is -2.31. The summed E-state index contributed by atoms with van der Waals surface area (Å²) < 4.78 is 14.0. The fourth-order valence-corrected chi connectivity index (χ4v) is 9.45. The minimum atomic E-state index is -1.02. The van der Waals surface area contributed by atoms with Crippen LogP contribution in [0, 0.1) is 5.92 Å². The van der Waals surface area contributed by atoms with Gasteiger partial charge >= 0.3 is 17.8 Å². The number of ether oxygens (including phenoxy) is 1. The van der Waals surface area contributed by atoms with Gasteiger partial charge in [-0.1, -0.05) is 48.5 Å². The Morgan fingerprint density at radius 1 is 0.917 bits per heavy atom. The van der Waals surface area contributed by atoms with E-state index in [1.165, 1.54) is 15.0 Å². The number of benzene rings is 3. The van der Waals surface area contributed by atoms with Crippen LogP contribution in [-0.4, -0.2) is 85.0 Å². The quantitative estimate of drug-likeness (QED) is 0.205. The lowest BCUT2D eigenvalue weighted by Crippen LogP contribution is -2.43. The number of anilines is 2. The lowest BCUT2D eigenvalue weighted by atomic mass is 9.91. The van der Waals surface area contributed by atoms with Gasteiger partial charge < -0.3 is 19.3 Å². The van der Waals surface area contributed by atoms with E-state index in [4.69, 9.17) is 14.2 Å². The summed E-state index contributed by atoms with van der Waals surface area (Å²) in [6, 6.07) is 23.7. The van der Waals surface area contributed by atoms with Crippen LogP contribution < -0.4 is 21.1 Å². The van der Waals surface area contributed by atoms with Gasteiger partial charge in [0.15, 0.2) is 5.82 Å². The van der Waals surface area contributed by atoms with Crippen molar-refractivity contribution in [2.75, 3.05) is 42.6 Å². The second-order valence-electron chi connectivity index (χ2n) is 16.2. The number of nitrogens with one attached hydrogen (secondary N) is 1. The number of aromatic nitrogens is 5. The van der Waals surface area contributed by atoms with E-state index in [2.05, 4.69) is 22.3 Å². The fraction of sp³-hybridized carbons (Fsp3) is 0.341. The number of para-hydroxylation sites is 1. The van der Waals surface area contributed by atoms with Crippen LogP contribution in [0.15, 0.2) is 93.0 Å².